The zero-order valence-electron chi connectivity index (χ0n) is 11.4. The summed E-state index contributed by atoms with van der Waals surface area (Å²) in [5.41, 5.74) is 0.846. The molecular weight excluding hydrogens is 250 g/mol. The maximum Gasteiger partial charge on any atom is 0.114 e. The van der Waals surface area contributed by atoms with Crippen molar-refractivity contribution in [1.82, 2.24) is 0 Å². The van der Waals surface area contributed by atoms with E-state index in [0.29, 0.717) is 0 Å². The number of fused-ring (bicyclic) bond motifs is 4. The van der Waals surface area contributed by atoms with Gasteiger partial charge in [0.1, 0.15) is 7.85 Å². The SMILES string of the molecule is [B]c1cccc2ccc3cc4ccccc4cc3c12.[Na]. The topological polar surface area (TPSA) is 0 Å². The van der Waals surface area contributed by atoms with Gasteiger partial charge >= 0.3 is 0 Å². The summed E-state index contributed by atoms with van der Waals surface area (Å²) < 4.78 is 0. The van der Waals surface area contributed by atoms with Crippen LogP contribution < -0.4 is 5.46 Å². The third-order valence-corrected chi connectivity index (χ3v) is 3.76. The van der Waals surface area contributed by atoms with Crippen LogP contribution in [0.15, 0.2) is 66.7 Å². The molecule has 0 unspecified atom stereocenters. The second-order valence-electron chi connectivity index (χ2n) is 4.93. The Labute approximate surface area is 141 Å². The third-order valence-electron chi connectivity index (χ3n) is 3.76. The number of rotatable bonds is 0. The Hall–Kier alpha value is -1.28. The van der Waals surface area contributed by atoms with Gasteiger partial charge in [0.15, 0.2) is 0 Å². The van der Waals surface area contributed by atoms with E-state index >= 15 is 0 Å². The van der Waals surface area contributed by atoms with Gasteiger partial charge in [0.2, 0.25) is 0 Å². The van der Waals surface area contributed by atoms with Crippen LogP contribution in [0.1, 0.15) is 0 Å². The molecule has 87 valence electrons. The van der Waals surface area contributed by atoms with E-state index in [2.05, 4.69) is 54.6 Å². The number of hydrogen-bond acceptors (Lipinski definition) is 0. The Morgan fingerprint density at radius 3 is 2.05 bits per heavy atom. The van der Waals surface area contributed by atoms with Gasteiger partial charge in [-0.15, -0.1) is 0 Å². The minimum absolute atomic E-state index is 0. The third kappa shape index (κ3) is 2.07. The van der Waals surface area contributed by atoms with Gasteiger partial charge in [-0.25, -0.2) is 0 Å². The van der Waals surface area contributed by atoms with Gasteiger partial charge in [0.05, 0.1) is 0 Å². The molecule has 0 amide bonds. The molecule has 0 spiro atoms. The minimum Gasteiger partial charge on any atom is -0.0884 e. The zero-order chi connectivity index (χ0) is 12.8. The van der Waals surface area contributed by atoms with Gasteiger partial charge in [-0.3, -0.25) is 0 Å². The van der Waals surface area contributed by atoms with Gasteiger partial charge in [0, 0.05) is 29.6 Å². The van der Waals surface area contributed by atoms with E-state index in [1.807, 2.05) is 12.1 Å². The van der Waals surface area contributed by atoms with Crippen molar-refractivity contribution in [2.75, 3.05) is 0 Å². The molecule has 0 heterocycles. The first-order valence-electron chi connectivity index (χ1n) is 6.43. The molecule has 0 aromatic heterocycles. The quantitative estimate of drug-likeness (QED) is 0.258. The van der Waals surface area contributed by atoms with Crippen molar-refractivity contribution < 1.29 is 0 Å². The van der Waals surface area contributed by atoms with E-state index in [0.717, 1.165) is 10.8 Å². The average Bonchev–Trinajstić information content (AvgIpc) is 2.45. The van der Waals surface area contributed by atoms with E-state index in [1.165, 1.54) is 26.9 Å². The van der Waals surface area contributed by atoms with Crippen LogP contribution in [-0.4, -0.2) is 37.4 Å². The van der Waals surface area contributed by atoms with Crippen molar-refractivity contribution in [1.29, 1.82) is 0 Å². The molecule has 4 aromatic carbocycles. The van der Waals surface area contributed by atoms with Crippen molar-refractivity contribution in [3.63, 3.8) is 0 Å². The van der Waals surface area contributed by atoms with Crippen LogP contribution in [0.5, 0.6) is 0 Å². The molecule has 0 fully saturated rings. The van der Waals surface area contributed by atoms with E-state index in [-0.39, 0.29) is 29.6 Å². The van der Waals surface area contributed by atoms with Crippen molar-refractivity contribution in [3.05, 3.63) is 66.7 Å². The summed E-state index contributed by atoms with van der Waals surface area (Å²) in [4.78, 5) is 0. The second-order valence-corrected chi connectivity index (χ2v) is 4.93. The summed E-state index contributed by atoms with van der Waals surface area (Å²) in [6, 6.07) is 23.3. The summed E-state index contributed by atoms with van der Waals surface area (Å²) in [5.74, 6) is 0. The standard InChI is InChI=1S/C18H11B.Na/c19-17-7-3-6-12-8-9-15-10-13-4-1-2-5-14(13)11-16(15)18(12)17;/h1-11H;. The summed E-state index contributed by atoms with van der Waals surface area (Å²) in [6.07, 6.45) is 0. The average molecular weight is 261 g/mol. The van der Waals surface area contributed by atoms with Crippen molar-refractivity contribution in [2.24, 2.45) is 0 Å². The molecule has 0 atom stereocenters. The van der Waals surface area contributed by atoms with Gasteiger partial charge in [0.25, 0.3) is 0 Å². The van der Waals surface area contributed by atoms with Gasteiger partial charge in [-0.05, 0) is 44.5 Å². The van der Waals surface area contributed by atoms with Crippen LogP contribution >= 0.6 is 0 Å². The summed E-state index contributed by atoms with van der Waals surface area (Å²) in [5, 5.41) is 7.35. The maximum atomic E-state index is 6.17. The Bertz CT molecular complexity index is 928. The summed E-state index contributed by atoms with van der Waals surface area (Å²) in [6.45, 7) is 0. The van der Waals surface area contributed by atoms with E-state index in [4.69, 9.17) is 7.85 Å². The van der Waals surface area contributed by atoms with E-state index in [9.17, 15) is 0 Å². The largest absolute Gasteiger partial charge is 0.114 e. The predicted octanol–water partition coefficient (Wildman–Crippen LogP) is 3.56. The van der Waals surface area contributed by atoms with Crippen LogP contribution in [0.4, 0.5) is 0 Å². The Morgan fingerprint density at radius 1 is 0.600 bits per heavy atom. The van der Waals surface area contributed by atoms with Crippen LogP contribution in [-0.2, 0) is 0 Å². The molecule has 0 bridgehead atoms. The van der Waals surface area contributed by atoms with E-state index < -0.39 is 0 Å². The van der Waals surface area contributed by atoms with Crippen molar-refractivity contribution in [2.45, 2.75) is 0 Å². The molecule has 0 nitrogen and oxygen atoms in total. The second kappa shape index (κ2) is 5.25. The van der Waals surface area contributed by atoms with Gasteiger partial charge in [-0.1, -0.05) is 60.1 Å². The smallest absolute Gasteiger partial charge is 0.0884 e. The molecule has 4 rings (SSSR count). The van der Waals surface area contributed by atoms with Crippen LogP contribution in [0.3, 0.4) is 0 Å². The summed E-state index contributed by atoms with van der Waals surface area (Å²) in [7, 11) is 6.17. The molecule has 0 N–H and O–H groups in total. The minimum atomic E-state index is 0. The molecule has 0 aliphatic rings. The number of hydrogen-bond donors (Lipinski definition) is 0. The predicted molar refractivity (Wildman–Crippen MR) is 90.1 cm³/mol. The zero-order valence-corrected chi connectivity index (χ0v) is 13.4. The first-order valence-corrected chi connectivity index (χ1v) is 6.43. The Kier molecular flexibility index (Phi) is 3.60. The molecule has 0 saturated carbocycles. The van der Waals surface area contributed by atoms with Gasteiger partial charge in [-0.2, -0.15) is 0 Å². The molecule has 2 heteroatoms. The van der Waals surface area contributed by atoms with Crippen LogP contribution in [0, 0.1) is 0 Å². The molecule has 20 heavy (non-hydrogen) atoms. The molecule has 3 radical (unpaired) electrons. The van der Waals surface area contributed by atoms with Gasteiger partial charge < -0.3 is 0 Å². The molecule has 0 saturated heterocycles. The first-order chi connectivity index (χ1) is 9.33. The molecular formula is C18H11BNa. The fourth-order valence-corrected chi connectivity index (χ4v) is 2.83. The fourth-order valence-electron chi connectivity index (χ4n) is 2.83. The Morgan fingerprint density at radius 2 is 1.25 bits per heavy atom. The first kappa shape index (κ1) is 13.7. The molecule has 0 aliphatic heterocycles. The van der Waals surface area contributed by atoms with Crippen LogP contribution in [0.25, 0.3) is 32.3 Å². The Balaban J connectivity index is 0.00000121. The number of benzene rings is 4. The normalized spacial score (nSPS) is 10.8. The van der Waals surface area contributed by atoms with Crippen LogP contribution in [0.2, 0.25) is 0 Å². The maximum absolute atomic E-state index is 6.17. The van der Waals surface area contributed by atoms with Crippen molar-refractivity contribution >= 4 is 75.2 Å². The van der Waals surface area contributed by atoms with E-state index in [1.54, 1.807) is 0 Å². The molecule has 4 aromatic rings. The molecule has 0 aliphatic carbocycles. The summed E-state index contributed by atoms with van der Waals surface area (Å²) >= 11 is 0. The van der Waals surface area contributed by atoms with Crippen molar-refractivity contribution in [3.8, 4) is 0 Å². The monoisotopic (exact) mass is 261 g/mol. The fraction of sp³-hybridized carbons (Fsp3) is 0.